The van der Waals surface area contributed by atoms with Crippen LogP contribution in [0.1, 0.15) is 11.1 Å². The molecule has 0 aliphatic heterocycles. The van der Waals surface area contributed by atoms with Crippen LogP contribution in [0.2, 0.25) is 0 Å². The maximum atomic E-state index is 13.7. The first kappa shape index (κ1) is 28.9. The van der Waals surface area contributed by atoms with E-state index in [4.69, 9.17) is 9.15 Å². The van der Waals surface area contributed by atoms with Gasteiger partial charge < -0.3 is 9.15 Å². The monoisotopic (exact) mass is 717 g/mol. The summed E-state index contributed by atoms with van der Waals surface area (Å²) < 4.78 is 14.2. The normalized spacial score (nSPS) is 11.4. The van der Waals surface area contributed by atoms with Crippen LogP contribution in [0.15, 0.2) is 108 Å². The van der Waals surface area contributed by atoms with Gasteiger partial charge in [-0.15, -0.1) is 0 Å². The number of para-hydroxylation sites is 1. The third-order valence-electron chi connectivity index (χ3n) is 6.55. The van der Waals surface area contributed by atoms with Crippen LogP contribution in [-0.2, 0) is 6.61 Å². The predicted octanol–water partition coefficient (Wildman–Crippen LogP) is 7.61. The van der Waals surface area contributed by atoms with Crippen molar-refractivity contribution in [2.75, 3.05) is 0 Å². The summed E-state index contributed by atoms with van der Waals surface area (Å²) in [6, 6.07) is 22.5. The van der Waals surface area contributed by atoms with E-state index < -0.39 is 15.4 Å². The lowest BCUT2D eigenvalue weighted by Crippen LogP contribution is -2.20. The highest BCUT2D eigenvalue weighted by Gasteiger charge is 2.22. The predicted molar refractivity (Wildman–Crippen MR) is 170 cm³/mol. The molecule has 6 aromatic rings. The van der Waals surface area contributed by atoms with Crippen molar-refractivity contribution in [2.24, 2.45) is 5.10 Å². The van der Waals surface area contributed by atoms with Crippen LogP contribution in [0.25, 0.3) is 33.5 Å². The first-order valence-corrected chi connectivity index (χ1v) is 14.4. The highest BCUT2D eigenvalue weighted by Crippen LogP contribution is 2.35. The highest BCUT2D eigenvalue weighted by molar-refractivity contribution is 9.10. The maximum Gasteiger partial charge on any atom is 0.312 e. The Morgan fingerprint density at radius 3 is 2.45 bits per heavy atom. The van der Waals surface area contributed by atoms with Crippen molar-refractivity contribution in [2.45, 2.75) is 6.61 Å². The molecule has 0 aliphatic rings. The molecule has 0 saturated heterocycles. The van der Waals surface area contributed by atoms with Gasteiger partial charge in [0.1, 0.15) is 12.2 Å². The average Bonchev–Trinajstić information content (AvgIpc) is 3.43. The Morgan fingerprint density at radius 2 is 1.70 bits per heavy atom. The summed E-state index contributed by atoms with van der Waals surface area (Å²) in [6.07, 6.45) is 1.27. The molecule has 4 aromatic carbocycles. The van der Waals surface area contributed by atoms with Gasteiger partial charge in [-0.05, 0) is 60.2 Å². The SMILES string of the molecule is O=c1c2ccccc2nc(-c2cc3cc(Br)ccc3o2)n1N=Cc1cc(Br)cc([N+](=O)[O-])c1OCc1ccc([N+](=O)[O-])cc1. The minimum atomic E-state index is -0.602. The lowest BCUT2D eigenvalue weighted by molar-refractivity contribution is -0.386. The summed E-state index contributed by atoms with van der Waals surface area (Å²) in [6.45, 7) is -0.126. The molecule has 44 heavy (non-hydrogen) atoms. The molecule has 0 saturated carbocycles. The van der Waals surface area contributed by atoms with E-state index in [1.807, 2.05) is 12.1 Å². The van der Waals surface area contributed by atoms with Gasteiger partial charge in [0.15, 0.2) is 5.76 Å². The number of nitro benzene ring substituents is 2. The van der Waals surface area contributed by atoms with Crippen LogP contribution in [0.5, 0.6) is 5.75 Å². The summed E-state index contributed by atoms with van der Waals surface area (Å²) in [4.78, 5) is 40.2. The largest absolute Gasteiger partial charge is 0.481 e. The van der Waals surface area contributed by atoms with Gasteiger partial charge in [0.25, 0.3) is 11.2 Å². The molecule has 0 unspecified atom stereocenters. The van der Waals surface area contributed by atoms with Crippen molar-refractivity contribution in [1.82, 2.24) is 9.66 Å². The quantitative estimate of drug-likeness (QED) is 0.0884. The van der Waals surface area contributed by atoms with Crippen molar-refractivity contribution >= 4 is 71.3 Å². The number of fused-ring (bicyclic) bond motifs is 2. The van der Waals surface area contributed by atoms with Crippen molar-refractivity contribution < 1.29 is 19.0 Å². The number of ether oxygens (including phenoxy) is 1. The molecule has 0 bridgehead atoms. The van der Waals surface area contributed by atoms with E-state index in [0.29, 0.717) is 26.5 Å². The molecule has 2 aromatic heterocycles. The van der Waals surface area contributed by atoms with Gasteiger partial charge >= 0.3 is 5.69 Å². The second-order valence-corrected chi connectivity index (χ2v) is 11.3. The Labute approximate surface area is 263 Å². The van der Waals surface area contributed by atoms with E-state index in [9.17, 15) is 25.0 Å². The minimum Gasteiger partial charge on any atom is -0.481 e. The number of nitro groups is 2. The summed E-state index contributed by atoms with van der Waals surface area (Å²) in [5, 5.41) is 28.5. The number of aromatic nitrogens is 2. The van der Waals surface area contributed by atoms with Crippen LogP contribution >= 0.6 is 31.9 Å². The maximum absolute atomic E-state index is 13.7. The summed E-state index contributed by atoms with van der Waals surface area (Å²) in [5.74, 6) is 0.292. The van der Waals surface area contributed by atoms with Crippen LogP contribution in [0, 0.1) is 20.2 Å². The molecular weight excluding hydrogens is 702 g/mol. The molecule has 0 aliphatic carbocycles. The van der Waals surface area contributed by atoms with Gasteiger partial charge in [-0.1, -0.05) is 44.0 Å². The van der Waals surface area contributed by atoms with Gasteiger partial charge in [0.05, 0.1) is 27.0 Å². The molecule has 2 heterocycles. The fourth-order valence-corrected chi connectivity index (χ4v) is 5.33. The molecule has 0 atom stereocenters. The van der Waals surface area contributed by atoms with E-state index in [1.165, 1.54) is 36.5 Å². The van der Waals surface area contributed by atoms with Crippen LogP contribution in [0.4, 0.5) is 11.4 Å². The lowest BCUT2D eigenvalue weighted by Gasteiger charge is -2.11. The van der Waals surface area contributed by atoms with Crippen LogP contribution in [0.3, 0.4) is 0 Å². The van der Waals surface area contributed by atoms with Crippen molar-refractivity contribution in [3.8, 4) is 17.3 Å². The second-order valence-electron chi connectivity index (χ2n) is 9.42. The number of halogens is 2. The molecule has 0 spiro atoms. The third kappa shape index (κ3) is 5.72. The van der Waals surface area contributed by atoms with Gasteiger partial charge in [-0.25, -0.2) is 4.98 Å². The molecule has 0 N–H and O–H groups in total. The van der Waals surface area contributed by atoms with Gasteiger partial charge in [0, 0.05) is 38.1 Å². The molecule has 218 valence electrons. The molecule has 12 nitrogen and oxygen atoms in total. The highest BCUT2D eigenvalue weighted by atomic mass is 79.9. The fraction of sp³-hybridized carbons (Fsp3) is 0.0333. The first-order chi connectivity index (χ1) is 21.2. The minimum absolute atomic E-state index is 0.0986. The van der Waals surface area contributed by atoms with Crippen LogP contribution in [-0.4, -0.2) is 25.7 Å². The lowest BCUT2D eigenvalue weighted by atomic mass is 10.1. The van der Waals surface area contributed by atoms with Crippen molar-refractivity contribution in [3.63, 3.8) is 0 Å². The van der Waals surface area contributed by atoms with Gasteiger partial charge in [-0.2, -0.15) is 9.78 Å². The molecular formula is C30H17Br2N5O7. The third-order valence-corrected chi connectivity index (χ3v) is 7.51. The van der Waals surface area contributed by atoms with Gasteiger partial charge in [0.2, 0.25) is 11.6 Å². The Bertz CT molecular complexity index is 2190. The van der Waals surface area contributed by atoms with Crippen molar-refractivity contribution in [3.05, 3.63) is 136 Å². The van der Waals surface area contributed by atoms with E-state index in [-0.39, 0.29) is 40.9 Å². The molecule has 14 heteroatoms. The number of non-ortho nitro benzene ring substituents is 1. The summed E-state index contributed by atoms with van der Waals surface area (Å²) >= 11 is 6.74. The topological polar surface area (TPSA) is 156 Å². The number of hydrogen-bond donors (Lipinski definition) is 0. The van der Waals surface area contributed by atoms with Gasteiger partial charge in [-0.3, -0.25) is 25.0 Å². The zero-order valence-electron chi connectivity index (χ0n) is 22.2. The number of rotatable bonds is 8. The Kier molecular flexibility index (Phi) is 7.76. The zero-order valence-corrected chi connectivity index (χ0v) is 25.4. The number of furan rings is 1. The first-order valence-electron chi connectivity index (χ1n) is 12.8. The molecule has 0 radical (unpaired) electrons. The molecule has 6 rings (SSSR count). The van der Waals surface area contributed by atoms with E-state index >= 15 is 0 Å². The fourth-order valence-electron chi connectivity index (χ4n) is 4.49. The standard InChI is InChI=1S/C30H17Br2N5O7/c31-20-7-10-26-18(11-20)13-27(44-26)29-34-24-4-2-1-3-23(24)30(38)35(29)33-15-19-12-21(32)14-25(37(41)42)28(19)43-16-17-5-8-22(9-6-17)36(39)40/h1-15H,16H2. The Morgan fingerprint density at radius 1 is 0.932 bits per heavy atom. The number of nitrogens with zero attached hydrogens (tertiary/aromatic N) is 5. The van der Waals surface area contributed by atoms with E-state index in [2.05, 4.69) is 41.9 Å². The molecule has 0 amide bonds. The second kappa shape index (κ2) is 11.8. The summed E-state index contributed by atoms with van der Waals surface area (Å²) in [5.41, 5.74) is 0.808. The zero-order chi connectivity index (χ0) is 31.0. The van der Waals surface area contributed by atoms with E-state index in [1.54, 1.807) is 42.5 Å². The Hall–Kier alpha value is -5.21. The Balaban J connectivity index is 1.46. The van der Waals surface area contributed by atoms with E-state index in [0.717, 1.165) is 14.5 Å². The smallest absolute Gasteiger partial charge is 0.312 e. The number of hydrogen-bond acceptors (Lipinski definition) is 9. The van der Waals surface area contributed by atoms with Crippen molar-refractivity contribution in [1.29, 1.82) is 0 Å². The van der Waals surface area contributed by atoms with Crippen LogP contribution < -0.4 is 10.3 Å². The number of benzene rings is 4. The summed E-state index contributed by atoms with van der Waals surface area (Å²) in [7, 11) is 0. The molecule has 0 fully saturated rings. The average molecular weight is 719 g/mol.